The highest BCUT2D eigenvalue weighted by Gasteiger charge is 2.03. The monoisotopic (exact) mass is 181 g/mol. The van der Waals surface area contributed by atoms with Gasteiger partial charge in [-0.3, -0.25) is 0 Å². The Balaban J connectivity index is 3.03. The molecule has 0 unspecified atom stereocenters. The van der Waals surface area contributed by atoms with Crippen LogP contribution in [0.2, 0.25) is 0 Å². The Hall–Kier alpha value is -1.71. The Morgan fingerprint density at radius 1 is 1.62 bits per heavy atom. The number of carboxylic acids is 1. The van der Waals surface area contributed by atoms with Crippen LogP contribution >= 0.6 is 0 Å². The lowest BCUT2D eigenvalue weighted by molar-refractivity contribution is -0.270. The molecule has 0 aliphatic carbocycles. The Bertz CT molecular complexity index is 319. The van der Waals surface area contributed by atoms with Crippen molar-refractivity contribution in [1.82, 2.24) is 0 Å². The van der Waals surface area contributed by atoms with E-state index in [2.05, 4.69) is 0 Å². The van der Waals surface area contributed by atoms with Crippen molar-refractivity contribution >= 4 is 5.97 Å². The van der Waals surface area contributed by atoms with Crippen LogP contribution in [0.5, 0.6) is 11.5 Å². The van der Waals surface area contributed by atoms with Crippen molar-refractivity contribution in [3.8, 4) is 11.5 Å². The normalized spacial score (nSPS) is 9.62. The fourth-order valence-corrected chi connectivity index (χ4v) is 0.909. The SMILES string of the molecule is CCOc1cc(C(=O)O)ccc1[O-]. The van der Waals surface area contributed by atoms with E-state index in [4.69, 9.17) is 9.84 Å². The van der Waals surface area contributed by atoms with Crippen LogP contribution in [0, 0.1) is 0 Å². The fraction of sp³-hybridized carbons (Fsp3) is 0.222. The molecule has 0 bridgehead atoms. The molecule has 1 rings (SSSR count). The van der Waals surface area contributed by atoms with Gasteiger partial charge in [-0.2, -0.15) is 0 Å². The molecule has 0 saturated carbocycles. The first-order valence-corrected chi connectivity index (χ1v) is 3.82. The first kappa shape index (κ1) is 9.38. The second-order valence-electron chi connectivity index (χ2n) is 2.40. The van der Waals surface area contributed by atoms with Crippen LogP contribution in [-0.4, -0.2) is 17.7 Å². The van der Waals surface area contributed by atoms with Crippen molar-refractivity contribution in [1.29, 1.82) is 0 Å². The van der Waals surface area contributed by atoms with Crippen LogP contribution in [0.1, 0.15) is 17.3 Å². The molecule has 1 aromatic carbocycles. The van der Waals surface area contributed by atoms with Gasteiger partial charge in [-0.15, -0.1) is 0 Å². The number of rotatable bonds is 3. The molecule has 0 spiro atoms. The molecular formula is C9H9O4-. The van der Waals surface area contributed by atoms with E-state index < -0.39 is 5.97 Å². The van der Waals surface area contributed by atoms with Gasteiger partial charge in [0.1, 0.15) is 5.75 Å². The Morgan fingerprint density at radius 2 is 2.31 bits per heavy atom. The molecule has 0 radical (unpaired) electrons. The molecule has 0 saturated heterocycles. The summed E-state index contributed by atoms with van der Waals surface area (Å²) in [7, 11) is 0. The minimum Gasteiger partial charge on any atom is -0.870 e. The first-order valence-electron chi connectivity index (χ1n) is 3.82. The molecule has 0 aromatic heterocycles. The average Bonchev–Trinajstić information content (AvgIpc) is 2.08. The summed E-state index contributed by atoms with van der Waals surface area (Å²) in [6.07, 6.45) is 0. The largest absolute Gasteiger partial charge is 0.870 e. The molecule has 0 aliphatic rings. The Labute approximate surface area is 75.4 Å². The molecular weight excluding hydrogens is 172 g/mol. The van der Waals surface area contributed by atoms with E-state index in [0.717, 1.165) is 0 Å². The Kier molecular flexibility index (Phi) is 2.74. The molecule has 0 fully saturated rings. The molecule has 4 heteroatoms. The summed E-state index contributed by atoms with van der Waals surface area (Å²) in [6, 6.07) is 3.68. The van der Waals surface area contributed by atoms with Gasteiger partial charge in [0.15, 0.2) is 0 Å². The number of benzene rings is 1. The molecule has 70 valence electrons. The van der Waals surface area contributed by atoms with Crippen LogP contribution in [0.15, 0.2) is 18.2 Å². The maximum absolute atomic E-state index is 11.1. The number of ether oxygens (including phenoxy) is 1. The highest BCUT2D eigenvalue weighted by Crippen LogP contribution is 2.23. The van der Waals surface area contributed by atoms with Crippen molar-refractivity contribution < 1.29 is 19.7 Å². The molecule has 13 heavy (non-hydrogen) atoms. The van der Waals surface area contributed by atoms with Gasteiger partial charge in [0.05, 0.1) is 12.2 Å². The zero-order valence-electron chi connectivity index (χ0n) is 7.11. The van der Waals surface area contributed by atoms with Gasteiger partial charge < -0.3 is 14.9 Å². The van der Waals surface area contributed by atoms with E-state index in [0.29, 0.717) is 6.61 Å². The third-order valence-corrected chi connectivity index (χ3v) is 1.49. The highest BCUT2D eigenvalue weighted by molar-refractivity contribution is 5.88. The summed E-state index contributed by atoms with van der Waals surface area (Å²) in [6.45, 7) is 2.07. The second-order valence-corrected chi connectivity index (χ2v) is 2.40. The van der Waals surface area contributed by atoms with Gasteiger partial charge in [-0.1, -0.05) is 11.8 Å². The summed E-state index contributed by atoms with van der Waals surface area (Å²) in [4.78, 5) is 10.5. The smallest absolute Gasteiger partial charge is 0.335 e. The number of hydrogen-bond donors (Lipinski definition) is 1. The molecule has 1 aromatic rings. The lowest BCUT2D eigenvalue weighted by atomic mass is 10.2. The van der Waals surface area contributed by atoms with Crippen LogP contribution < -0.4 is 9.84 Å². The Morgan fingerprint density at radius 3 is 2.85 bits per heavy atom. The standard InChI is InChI=1S/C9H10O4/c1-2-13-8-5-6(9(11)12)3-4-7(8)10/h3-5,10H,2H2,1H3,(H,11,12)/p-1. The summed E-state index contributed by atoms with van der Waals surface area (Å²) < 4.78 is 4.95. The lowest BCUT2D eigenvalue weighted by Crippen LogP contribution is -2.02. The van der Waals surface area contributed by atoms with E-state index in [1.54, 1.807) is 6.92 Å². The molecule has 0 amide bonds. The average molecular weight is 181 g/mol. The molecule has 4 nitrogen and oxygen atoms in total. The predicted octanol–water partition coefficient (Wildman–Crippen LogP) is 0.857. The quantitative estimate of drug-likeness (QED) is 0.750. The van der Waals surface area contributed by atoms with Gasteiger partial charge in [0.25, 0.3) is 0 Å². The minimum atomic E-state index is -1.07. The molecule has 1 N–H and O–H groups in total. The van der Waals surface area contributed by atoms with Crippen molar-refractivity contribution in [2.24, 2.45) is 0 Å². The number of aromatic carboxylic acids is 1. The zero-order valence-corrected chi connectivity index (χ0v) is 7.11. The van der Waals surface area contributed by atoms with Crippen LogP contribution in [0.25, 0.3) is 0 Å². The zero-order chi connectivity index (χ0) is 9.84. The van der Waals surface area contributed by atoms with E-state index in [1.165, 1.54) is 18.2 Å². The van der Waals surface area contributed by atoms with E-state index >= 15 is 0 Å². The number of carbonyl (C=O) groups is 1. The summed E-state index contributed by atoms with van der Waals surface area (Å²) >= 11 is 0. The lowest BCUT2D eigenvalue weighted by Gasteiger charge is -2.13. The van der Waals surface area contributed by atoms with Crippen molar-refractivity contribution in [3.63, 3.8) is 0 Å². The van der Waals surface area contributed by atoms with Crippen LogP contribution in [0.3, 0.4) is 0 Å². The highest BCUT2D eigenvalue weighted by atomic mass is 16.5. The number of hydrogen-bond acceptors (Lipinski definition) is 3. The van der Waals surface area contributed by atoms with E-state index in [-0.39, 0.29) is 17.1 Å². The van der Waals surface area contributed by atoms with Crippen molar-refractivity contribution in [2.75, 3.05) is 6.61 Å². The second kappa shape index (κ2) is 3.80. The summed E-state index contributed by atoms with van der Waals surface area (Å²) in [5.74, 6) is -1.28. The third-order valence-electron chi connectivity index (χ3n) is 1.49. The molecule has 0 heterocycles. The minimum absolute atomic E-state index is 0.0584. The maximum Gasteiger partial charge on any atom is 0.335 e. The van der Waals surface area contributed by atoms with Gasteiger partial charge in [-0.05, 0) is 19.1 Å². The summed E-state index contributed by atoms with van der Waals surface area (Å²) in [5, 5.41) is 19.7. The van der Waals surface area contributed by atoms with E-state index in [1.807, 2.05) is 0 Å². The molecule has 0 atom stereocenters. The molecule has 0 aliphatic heterocycles. The van der Waals surface area contributed by atoms with Crippen molar-refractivity contribution in [2.45, 2.75) is 6.92 Å². The van der Waals surface area contributed by atoms with Gasteiger partial charge >= 0.3 is 5.97 Å². The van der Waals surface area contributed by atoms with E-state index in [9.17, 15) is 9.90 Å². The number of carboxylic acid groups (broad SMARTS) is 1. The van der Waals surface area contributed by atoms with Gasteiger partial charge in [0, 0.05) is 0 Å². The van der Waals surface area contributed by atoms with Gasteiger partial charge in [-0.25, -0.2) is 4.79 Å². The third kappa shape index (κ3) is 2.11. The first-order chi connectivity index (χ1) is 6.15. The maximum atomic E-state index is 11.1. The summed E-state index contributed by atoms with van der Waals surface area (Å²) in [5.41, 5.74) is 0.0584. The van der Waals surface area contributed by atoms with Crippen molar-refractivity contribution in [3.05, 3.63) is 23.8 Å². The van der Waals surface area contributed by atoms with Crippen LogP contribution in [-0.2, 0) is 0 Å². The fourth-order valence-electron chi connectivity index (χ4n) is 0.909. The predicted molar refractivity (Wildman–Crippen MR) is 44.0 cm³/mol. The topological polar surface area (TPSA) is 69.6 Å². The van der Waals surface area contributed by atoms with Crippen LogP contribution in [0.4, 0.5) is 0 Å². The van der Waals surface area contributed by atoms with Gasteiger partial charge in [0.2, 0.25) is 0 Å².